The number of hydrogen-bond donors (Lipinski definition) is 3. The van der Waals surface area contributed by atoms with Crippen LogP contribution in [0.15, 0.2) is 28.1 Å². The Kier molecular flexibility index (Phi) is 5.61. The largest absolute Gasteiger partial charge is 0.493 e. The fourth-order valence-corrected chi connectivity index (χ4v) is 2.08. The highest BCUT2D eigenvalue weighted by molar-refractivity contribution is 5.87. The molecule has 1 aromatic carbocycles. The molecule has 1 heterocycles. The van der Waals surface area contributed by atoms with Crippen LogP contribution < -0.4 is 25.2 Å². The average Bonchev–Trinajstić information content (AvgIpc) is 2.98. The molecule has 0 aliphatic rings. The summed E-state index contributed by atoms with van der Waals surface area (Å²) in [6.07, 6.45) is 1.43. The van der Waals surface area contributed by atoms with Crippen LogP contribution in [-0.4, -0.2) is 43.6 Å². The molecule has 0 radical (unpaired) electrons. The first-order valence-corrected chi connectivity index (χ1v) is 6.96. The van der Waals surface area contributed by atoms with Gasteiger partial charge < -0.3 is 19.3 Å². The highest BCUT2D eigenvalue weighted by Gasteiger charge is 2.14. The standard InChI is InChI=1S/C15H18N4O5/c1-22-11-5-4-9(14(23-2)15(11)24-3)8-16-18-12(20)6-10-7-13(21)19-17-10/h4-5,7-8H,6H2,1-3H3,(H,18,20)(H2,17,19,21)/b16-8-. The van der Waals surface area contributed by atoms with Gasteiger partial charge in [-0.25, -0.2) is 5.43 Å². The number of benzene rings is 1. The number of aromatic nitrogens is 2. The molecule has 24 heavy (non-hydrogen) atoms. The van der Waals surface area contributed by atoms with Gasteiger partial charge in [0.25, 0.3) is 5.56 Å². The first-order chi connectivity index (χ1) is 11.6. The number of amides is 1. The molecule has 1 aromatic heterocycles. The van der Waals surface area contributed by atoms with Gasteiger partial charge in [-0.3, -0.25) is 14.7 Å². The number of methoxy groups -OCH3 is 3. The number of nitrogens with zero attached hydrogens (tertiary/aromatic N) is 1. The van der Waals surface area contributed by atoms with E-state index in [0.29, 0.717) is 28.5 Å². The van der Waals surface area contributed by atoms with Crippen LogP contribution >= 0.6 is 0 Å². The second-order valence-corrected chi connectivity index (χ2v) is 4.68. The third kappa shape index (κ3) is 3.94. The van der Waals surface area contributed by atoms with Crippen molar-refractivity contribution in [2.45, 2.75) is 6.42 Å². The molecule has 9 nitrogen and oxygen atoms in total. The number of ether oxygens (including phenoxy) is 3. The highest BCUT2D eigenvalue weighted by Crippen LogP contribution is 2.38. The fourth-order valence-electron chi connectivity index (χ4n) is 2.08. The summed E-state index contributed by atoms with van der Waals surface area (Å²) in [6.45, 7) is 0. The Hall–Kier alpha value is -3.23. The van der Waals surface area contributed by atoms with Crippen molar-refractivity contribution in [3.63, 3.8) is 0 Å². The van der Waals surface area contributed by atoms with E-state index in [1.165, 1.54) is 33.6 Å². The fraction of sp³-hybridized carbons (Fsp3) is 0.267. The molecule has 0 aliphatic carbocycles. The van der Waals surface area contributed by atoms with Crippen LogP contribution in [-0.2, 0) is 11.2 Å². The third-order valence-corrected chi connectivity index (χ3v) is 3.13. The van der Waals surface area contributed by atoms with Crippen molar-refractivity contribution >= 4 is 12.1 Å². The Balaban J connectivity index is 2.08. The van der Waals surface area contributed by atoms with Crippen LogP contribution in [0.5, 0.6) is 17.2 Å². The summed E-state index contributed by atoms with van der Waals surface area (Å²) in [4.78, 5) is 22.7. The van der Waals surface area contributed by atoms with Crippen molar-refractivity contribution in [2.75, 3.05) is 21.3 Å². The average molecular weight is 334 g/mol. The van der Waals surface area contributed by atoms with Gasteiger partial charge in [-0.1, -0.05) is 0 Å². The number of H-pyrrole nitrogens is 2. The SMILES string of the molecule is COc1ccc(/C=N\NC(=O)Cc2cc(=O)[nH][nH]2)c(OC)c1OC. The molecule has 9 heteroatoms. The van der Waals surface area contributed by atoms with E-state index in [2.05, 4.69) is 20.7 Å². The molecule has 0 saturated carbocycles. The monoisotopic (exact) mass is 334 g/mol. The van der Waals surface area contributed by atoms with E-state index in [1.54, 1.807) is 12.1 Å². The molecular formula is C15H18N4O5. The van der Waals surface area contributed by atoms with Gasteiger partial charge in [0.15, 0.2) is 11.5 Å². The van der Waals surface area contributed by atoms with E-state index in [4.69, 9.17) is 14.2 Å². The van der Waals surface area contributed by atoms with Crippen molar-refractivity contribution in [2.24, 2.45) is 5.10 Å². The van der Waals surface area contributed by atoms with Gasteiger partial charge in [-0.2, -0.15) is 5.10 Å². The third-order valence-electron chi connectivity index (χ3n) is 3.13. The zero-order valence-corrected chi connectivity index (χ0v) is 13.5. The molecule has 0 atom stereocenters. The van der Waals surface area contributed by atoms with Gasteiger partial charge in [0.2, 0.25) is 11.7 Å². The Morgan fingerprint density at radius 1 is 1.17 bits per heavy atom. The second-order valence-electron chi connectivity index (χ2n) is 4.68. The number of hydrogen-bond acceptors (Lipinski definition) is 6. The Labute approximate surface area is 137 Å². The highest BCUT2D eigenvalue weighted by atomic mass is 16.5. The van der Waals surface area contributed by atoms with Crippen molar-refractivity contribution in [1.29, 1.82) is 0 Å². The topological polar surface area (TPSA) is 118 Å². The maximum atomic E-state index is 11.8. The first kappa shape index (κ1) is 17.1. The molecule has 0 saturated heterocycles. The van der Waals surface area contributed by atoms with E-state index >= 15 is 0 Å². The molecule has 0 spiro atoms. The molecular weight excluding hydrogens is 316 g/mol. The number of hydrazone groups is 1. The number of carbonyl (C=O) groups excluding carboxylic acids is 1. The molecule has 3 N–H and O–H groups in total. The van der Waals surface area contributed by atoms with Crippen molar-refractivity contribution < 1.29 is 19.0 Å². The second kappa shape index (κ2) is 7.86. The maximum Gasteiger partial charge on any atom is 0.264 e. The Morgan fingerprint density at radius 2 is 1.92 bits per heavy atom. The van der Waals surface area contributed by atoms with E-state index in [1.807, 2.05) is 0 Å². The summed E-state index contributed by atoms with van der Waals surface area (Å²) < 4.78 is 15.8. The first-order valence-electron chi connectivity index (χ1n) is 6.96. The van der Waals surface area contributed by atoms with Crippen LogP contribution in [0, 0.1) is 0 Å². The summed E-state index contributed by atoms with van der Waals surface area (Å²) in [6, 6.07) is 4.73. The maximum absolute atomic E-state index is 11.8. The molecule has 0 bridgehead atoms. The molecule has 0 unspecified atom stereocenters. The molecule has 128 valence electrons. The van der Waals surface area contributed by atoms with E-state index in [0.717, 1.165) is 0 Å². The molecule has 0 aliphatic heterocycles. The molecule has 1 amide bonds. The Morgan fingerprint density at radius 3 is 2.50 bits per heavy atom. The number of aromatic amines is 2. The lowest BCUT2D eigenvalue weighted by atomic mass is 10.2. The minimum atomic E-state index is -0.374. The number of carbonyl (C=O) groups is 1. The van der Waals surface area contributed by atoms with Crippen LogP contribution in [0.2, 0.25) is 0 Å². The van der Waals surface area contributed by atoms with Crippen LogP contribution in [0.3, 0.4) is 0 Å². The zero-order valence-electron chi connectivity index (χ0n) is 13.5. The van der Waals surface area contributed by atoms with Gasteiger partial charge in [0.1, 0.15) is 0 Å². The summed E-state index contributed by atoms with van der Waals surface area (Å²) in [5.41, 5.74) is 3.15. The summed E-state index contributed by atoms with van der Waals surface area (Å²) >= 11 is 0. The number of rotatable bonds is 7. The Bertz CT molecular complexity index is 793. The van der Waals surface area contributed by atoms with Crippen LogP contribution in [0.1, 0.15) is 11.3 Å². The van der Waals surface area contributed by atoms with Gasteiger partial charge in [0.05, 0.1) is 34.0 Å². The zero-order chi connectivity index (χ0) is 17.5. The van der Waals surface area contributed by atoms with Gasteiger partial charge in [0, 0.05) is 17.3 Å². The van der Waals surface area contributed by atoms with Gasteiger partial charge >= 0.3 is 0 Å². The molecule has 2 aromatic rings. The van der Waals surface area contributed by atoms with Crippen LogP contribution in [0.25, 0.3) is 0 Å². The van der Waals surface area contributed by atoms with Crippen molar-refractivity contribution in [3.05, 3.63) is 39.8 Å². The predicted octanol–water partition coefficient (Wildman–Crippen LogP) is 0.422. The lowest BCUT2D eigenvalue weighted by Gasteiger charge is -2.13. The molecule has 2 rings (SSSR count). The summed E-state index contributed by atoms with van der Waals surface area (Å²) in [5, 5.41) is 8.82. The van der Waals surface area contributed by atoms with E-state index in [-0.39, 0.29) is 17.9 Å². The predicted molar refractivity (Wildman–Crippen MR) is 87.0 cm³/mol. The van der Waals surface area contributed by atoms with E-state index in [9.17, 15) is 9.59 Å². The smallest absolute Gasteiger partial charge is 0.264 e. The summed E-state index contributed by atoms with van der Waals surface area (Å²) in [5.74, 6) is 1.01. The molecule has 0 fully saturated rings. The normalized spacial score (nSPS) is 10.6. The van der Waals surface area contributed by atoms with Crippen molar-refractivity contribution in [3.8, 4) is 17.2 Å². The van der Waals surface area contributed by atoms with Gasteiger partial charge in [-0.15, -0.1) is 0 Å². The van der Waals surface area contributed by atoms with Crippen molar-refractivity contribution in [1.82, 2.24) is 15.6 Å². The summed E-state index contributed by atoms with van der Waals surface area (Å²) in [7, 11) is 4.52. The van der Waals surface area contributed by atoms with Gasteiger partial charge in [-0.05, 0) is 12.1 Å². The minimum absolute atomic E-state index is 0.000845. The lowest BCUT2D eigenvalue weighted by molar-refractivity contribution is -0.120. The minimum Gasteiger partial charge on any atom is -0.493 e. The number of nitrogens with one attached hydrogen (secondary N) is 3. The van der Waals surface area contributed by atoms with E-state index < -0.39 is 0 Å². The van der Waals surface area contributed by atoms with Crippen LogP contribution in [0.4, 0.5) is 0 Å². The lowest BCUT2D eigenvalue weighted by Crippen LogP contribution is -2.20. The quantitative estimate of drug-likeness (QED) is 0.501.